The zero-order chi connectivity index (χ0) is 16.2. The van der Waals surface area contributed by atoms with Crippen LogP contribution in [0, 0.1) is 11.3 Å². The van der Waals surface area contributed by atoms with Crippen molar-refractivity contribution in [3.05, 3.63) is 29.8 Å². The molecule has 0 amide bonds. The quantitative estimate of drug-likeness (QED) is 0.597. The van der Waals surface area contributed by atoms with Gasteiger partial charge in [-0.1, -0.05) is 59.6 Å². The van der Waals surface area contributed by atoms with E-state index in [9.17, 15) is 0 Å². The van der Waals surface area contributed by atoms with Crippen LogP contribution in [0.25, 0.3) is 0 Å². The first-order valence-corrected chi connectivity index (χ1v) is 9.18. The van der Waals surface area contributed by atoms with Crippen LogP contribution in [0.3, 0.4) is 0 Å². The minimum absolute atomic E-state index is 0.316. The first-order valence-electron chi connectivity index (χ1n) is 9.18. The molecule has 1 aliphatic rings. The van der Waals surface area contributed by atoms with Crippen LogP contribution in [0.4, 0.5) is 0 Å². The fourth-order valence-electron chi connectivity index (χ4n) is 3.80. The van der Waals surface area contributed by atoms with Crippen molar-refractivity contribution in [3.8, 4) is 5.75 Å². The average Bonchev–Trinajstić information content (AvgIpc) is 2.47. The minimum atomic E-state index is 0.316. The van der Waals surface area contributed by atoms with Gasteiger partial charge in [0.05, 0.1) is 0 Å². The summed E-state index contributed by atoms with van der Waals surface area (Å²) in [6.07, 6.45) is 8.10. The molecule has 3 unspecified atom stereocenters. The zero-order valence-electron chi connectivity index (χ0n) is 15.2. The molecule has 1 nitrogen and oxygen atoms in total. The summed E-state index contributed by atoms with van der Waals surface area (Å²) in [5.74, 6) is 2.36. The van der Waals surface area contributed by atoms with E-state index in [1.54, 1.807) is 0 Å². The molecule has 0 aromatic heterocycles. The van der Waals surface area contributed by atoms with Crippen molar-refractivity contribution in [3.63, 3.8) is 0 Å². The van der Waals surface area contributed by atoms with Gasteiger partial charge in [0.25, 0.3) is 0 Å². The summed E-state index contributed by atoms with van der Waals surface area (Å²) in [5, 5.41) is 0. The first-order chi connectivity index (χ1) is 10.4. The lowest BCUT2D eigenvalue weighted by molar-refractivity contribution is 0.102. The normalized spacial score (nSPS) is 24.0. The average molecular weight is 303 g/mol. The highest BCUT2D eigenvalue weighted by molar-refractivity contribution is 5.30. The predicted octanol–water partition coefficient (Wildman–Crippen LogP) is 6.57. The standard InChI is InChI=1S/C21H34O/c1-6-9-19(21(3,4)5)17-12-14-18(15-13-17)22-20-11-8-7-10-16(20)2/h12-16,19-20H,6-11H2,1-5H3. The summed E-state index contributed by atoms with van der Waals surface area (Å²) in [6.45, 7) is 11.7. The topological polar surface area (TPSA) is 9.23 Å². The van der Waals surface area contributed by atoms with E-state index >= 15 is 0 Å². The molecule has 1 saturated carbocycles. The highest BCUT2D eigenvalue weighted by Gasteiger charge is 2.26. The van der Waals surface area contributed by atoms with Crippen molar-refractivity contribution in [1.82, 2.24) is 0 Å². The van der Waals surface area contributed by atoms with Crippen LogP contribution >= 0.6 is 0 Å². The molecule has 3 atom stereocenters. The molecule has 1 heteroatoms. The van der Waals surface area contributed by atoms with Gasteiger partial charge in [0.15, 0.2) is 0 Å². The minimum Gasteiger partial charge on any atom is -0.490 e. The second kappa shape index (κ2) is 7.53. The predicted molar refractivity (Wildman–Crippen MR) is 95.6 cm³/mol. The Balaban J connectivity index is 2.05. The molecule has 2 rings (SSSR count). The molecular formula is C21H34O. The maximum absolute atomic E-state index is 6.25. The van der Waals surface area contributed by atoms with Crippen molar-refractivity contribution < 1.29 is 4.74 Å². The molecule has 0 N–H and O–H groups in total. The van der Waals surface area contributed by atoms with Crippen LogP contribution in [0.2, 0.25) is 0 Å². The SMILES string of the molecule is CCCC(c1ccc(OC2CCCCC2C)cc1)C(C)(C)C. The van der Waals surface area contributed by atoms with Gasteiger partial charge in [0.2, 0.25) is 0 Å². The molecule has 0 bridgehead atoms. The Morgan fingerprint density at radius 3 is 2.27 bits per heavy atom. The van der Waals surface area contributed by atoms with Gasteiger partial charge in [0, 0.05) is 0 Å². The van der Waals surface area contributed by atoms with Crippen LogP contribution in [0.15, 0.2) is 24.3 Å². The van der Waals surface area contributed by atoms with Gasteiger partial charge >= 0.3 is 0 Å². The Hall–Kier alpha value is -0.980. The van der Waals surface area contributed by atoms with Gasteiger partial charge in [-0.25, -0.2) is 0 Å². The van der Waals surface area contributed by atoms with Crippen molar-refractivity contribution in [1.29, 1.82) is 0 Å². The molecule has 0 radical (unpaired) electrons. The molecule has 1 aromatic rings. The van der Waals surface area contributed by atoms with Gasteiger partial charge in [-0.05, 0) is 60.6 Å². The molecule has 0 saturated heterocycles. The lowest BCUT2D eigenvalue weighted by atomic mass is 9.74. The van der Waals surface area contributed by atoms with Crippen LogP contribution in [-0.4, -0.2) is 6.10 Å². The second-order valence-corrected chi connectivity index (χ2v) is 8.19. The van der Waals surface area contributed by atoms with Gasteiger partial charge in [-0.15, -0.1) is 0 Å². The van der Waals surface area contributed by atoms with Crippen LogP contribution in [0.1, 0.15) is 84.6 Å². The summed E-state index contributed by atoms with van der Waals surface area (Å²) < 4.78 is 6.25. The summed E-state index contributed by atoms with van der Waals surface area (Å²) in [6, 6.07) is 8.94. The number of hydrogen-bond acceptors (Lipinski definition) is 1. The molecule has 0 aliphatic heterocycles. The highest BCUT2D eigenvalue weighted by Crippen LogP contribution is 2.39. The van der Waals surface area contributed by atoms with Crippen molar-refractivity contribution >= 4 is 0 Å². The molecule has 1 aromatic carbocycles. The summed E-state index contributed by atoms with van der Waals surface area (Å²) in [7, 11) is 0. The fraction of sp³-hybridized carbons (Fsp3) is 0.714. The van der Waals surface area contributed by atoms with E-state index in [0.717, 1.165) is 5.75 Å². The highest BCUT2D eigenvalue weighted by atomic mass is 16.5. The molecule has 0 heterocycles. The van der Waals surface area contributed by atoms with Crippen molar-refractivity contribution in [2.24, 2.45) is 11.3 Å². The van der Waals surface area contributed by atoms with E-state index in [1.807, 2.05) is 0 Å². The number of hydrogen-bond donors (Lipinski definition) is 0. The molecule has 1 aliphatic carbocycles. The molecule has 1 fully saturated rings. The van der Waals surface area contributed by atoms with E-state index in [4.69, 9.17) is 4.74 Å². The van der Waals surface area contributed by atoms with Crippen LogP contribution in [0.5, 0.6) is 5.75 Å². The summed E-state index contributed by atoms with van der Waals surface area (Å²) in [5.41, 5.74) is 1.77. The van der Waals surface area contributed by atoms with Gasteiger partial charge in [0.1, 0.15) is 11.9 Å². The molecule has 0 spiro atoms. The van der Waals surface area contributed by atoms with E-state index in [0.29, 0.717) is 23.4 Å². The van der Waals surface area contributed by atoms with Gasteiger partial charge in [-0.3, -0.25) is 0 Å². The Bertz CT molecular complexity index is 440. The third-order valence-electron chi connectivity index (χ3n) is 5.23. The molecule has 22 heavy (non-hydrogen) atoms. The Kier molecular flexibility index (Phi) is 5.94. The third kappa shape index (κ3) is 4.51. The number of ether oxygens (including phenoxy) is 1. The van der Waals surface area contributed by atoms with E-state index in [1.165, 1.54) is 44.1 Å². The largest absolute Gasteiger partial charge is 0.490 e. The fourth-order valence-corrected chi connectivity index (χ4v) is 3.80. The lowest BCUT2D eigenvalue weighted by Gasteiger charge is -2.32. The third-order valence-corrected chi connectivity index (χ3v) is 5.23. The first kappa shape index (κ1) is 17.4. The second-order valence-electron chi connectivity index (χ2n) is 8.19. The maximum Gasteiger partial charge on any atom is 0.119 e. The monoisotopic (exact) mass is 302 g/mol. The van der Waals surface area contributed by atoms with E-state index in [2.05, 4.69) is 58.9 Å². The van der Waals surface area contributed by atoms with Crippen molar-refractivity contribution in [2.45, 2.75) is 85.2 Å². The smallest absolute Gasteiger partial charge is 0.119 e. The Labute approximate surface area is 137 Å². The van der Waals surface area contributed by atoms with Gasteiger partial charge in [-0.2, -0.15) is 0 Å². The van der Waals surface area contributed by atoms with Gasteiger partial charge < -0.3 is 4.74 Å². The number of benzene rings is 1. The number of rotatable bonds is 5. The Morgan fingerprint density at radius 1 is 1.09 bits per heavy atom. The molecule has 124 valence electrons. The van der Waals surface area contributed by atoms with Crippen LogP contribution < -0.4 is 4.74 Å². The zero-order valence-corrected chi connectivity index (χ0v) is 15.2. The maximum atomic E-state index is 6.25. The lowest BCUT2D eigenvalue weighted by Crippen LogP contribution is -2.28. The Morgan fingerprint density at radius 2 is 1.73 bits per heavy atom. The van der Waals surface area contributed by atoms with E-state index in [-0.39, 0.29) is 0 Å². The van der Waals surface area contributed by atoms with Crippen LogP contribution in [-0.2, 0) is 0 Å². The summed E-state index contributed by atoms with van der Waals surface area (Å²) >= 11 is 0. The molecular weight excluding hydrogens is 268 g/mol. The summed E-state index contributed by atoms with van der Waals surface area (Å²) in [4.78, 5) is 0. The van der Waals surface area contributed by atoms with Crippen molar-refractivity contribution in [2.75, 3.05) is 0 Å². The van der Waals surface area contributed by atoms with E-state index < -0.39 is 0 Å².